The van der Waals surface area contributed by atoms with Gasteiger partial charge in [-0.3, -0.25) is 9.69 Å². The van der Waals surface area contributed by atoms with Crippen molar-refractivity contribution in [2.75, 3.05) is 36.4 Å². The lowest BCUT2D eigenvalue weighted by atomic mass is 10.1. The van der Waals surface area contributed by atoms with Gasteiger partial charge in [-0.1, -0.05) is 35.9 Å². The standard InChI is InChI=1S/C25H23ClFN3O3/c26-19-6-3-5-17(14-19)24(31)28-23-9-8-20(15-21(23)25(32)33)30-12-10-29(11-13-30)16-18-4-1-2-7-22(18)27/h1-9,14-15H,10-13,16H2,(H,28,31)(H,32,33). The zero-order valence-corrected chi connectivity index (χ0v) is 18.6. The summed E-state index contributed by atoms with van der Waals surface area (Å²) in [6, 6.07) is 18.2. The van der Waals surface area contributed by atoms with Gasteiger partial charge in [-0.15, -0.1) is 0 Å². The number of rotatable bonds is 6. The third-order valence-corrected chi connectivity index (χ3v) is 5.89. The van der Waals surface area contributed by atoms with Gasteiger partial charge < -0.3 is 15.3 Å². The molecule has 0 aromatic heterocycles. The number of benzene rings is 3. The van der Waals surface area contributed by atoms with Gasteiger partial charge in [0.2, 0.25) is 0 Å². The first-order valence-electron chi connectivity index (χ1n) is 10.6. The quantitative estimate of drug-likeness (QED) is 0.547. The summed E-state index contributed by atoms with van der Waals surface area (Å²) in [6.45, 7) is 3.35. The highest BCUT2D eigenvalue weighted by atomic mass is 35.5. The van der Waals surface area contributed by atoms with Crippen molar-refractivity contribution in [1.82, 2.24) is 4.90 Å². The van der Waals surface area contributed by atoms with E-state index >= 15 is 0 Å². The van der Waals surface area contributed by atoms with E-state index in [1.807, 2.05) is 6.07 Å². The van der Waals surface area contributed by atoms with Gasteiger partial charge in [0, 0.05) is 54.6 Å². The number of anilines is 2. The minimum Gasteiger partial charge on any atom is -0.478 e. The number of carbonyl (C=O) groups is 2. The molecule has 0 unspecified atom stereocenters. The number of hydrogen-bond donors (Lipinski definition) is 2. The molecule has 1 aliphatic heterocycles. The van der Waals surface area contributed by atoms with E-state index in [0.717, 1.165) is 18.8 Å². The number of carbonyl (C=O) groups excluding carboxylic acids is 1. The Kier molecular flexibility index (Phi) is 6.91. The molecule has 3 aromatic carbocycles. The molecule has 3 aromatic rings. The van der Waals surface area contributed by atoms with Crippen LogP contribution >= 0.6 is 11.6 Å². The van der Waals surface area contributed by atoms with Crippen LogP contribution in [0.1, 0.15) is 26.3 Å². The summed E-state index contributed by atoms with van der Waals surface area (Å²) in [5.41, 5.74) is 2.00. The molecule has 0 saturated carbocycles. The summed E-state index contributed by atoms with van der Waals surface area (Å²) in [6.07, 6.45) is 0. The summed E-state index contributed by atoms with van der Waals surface area (Å²) in [7, 11) is 0. The van der Waals surface area contributed by atoms with E-state index in [-0.39, 0.29) is 17.1 Å². The molecule has 0 spiro atoms. The molecular weight excluding hydrogens is 445 g/mol. The Morgan fingerprint density at radius 2 is 1.73 bits per heavy atom. The van der Waals surface area contributed by atoms with Crippen molar-refractivity contribution in [3.63, 3.8) is 0 Å². The zero-order chi connectivity index (χ0) is 23.4. The highest BCUT2D eigenvalue weighted by Gasteiger charge is 2.21. The van der Waals surface area contributed by atoms with Crippen LogP contribution in [0, 0.1) is 5.82 Å². The SMILES string of the molecule is O=C(Nc1ccc(N2CCN(Cc3ccccc3F)CC2)cc1C(=O)O)c1cccc(Cl)c1. The van der Waals surface area contributed by atoms with E-state index in [4.69, 9.17) is 11.6 Å². The van der Waals surface area contributed by atoms with Crippen LogP contribution in [0.2, 0.25) is 5.02 Å². The van der Waals surface area contributed by atoms with Crippen LogP contribution in [0.3, 0.4) is 0 Å². The first kappa shape index (κ1) is 22.8. The van der Waals surface area contributed by atoms with E-state index in [1.54, 1.807) is 48.5 Å². The molecule has 33 heavy (non-hydrogen) atoms. The van der Waals surface area contributed by atoms with E-state index in [0.29, 0.717) is 35.8 Å². The maximum atomic E-state index is 13.9. The number of hydrogen-bond acceptors (Lipinski definition) is 4. The Morgan fingerprint density at radius 1 is 0.970 bits per heavy atom. The van der Waals surface area contributed by atoms with Crippen molar-refractivity contribution in [3.8, 4) is 0 Å². The Balaban J connectivity index is 1.44. The molecule has 1 saturated heterocycles. The van der Waals surface area contributed by atoms with Gasteiger partial charge in [0.05, 0.1) is 11.3 Å². The second kappa shape index (κ2) is 10.0. The Hall–Kier alpha value is -3.42. The van der Waals surface area contributed by atoms with E-state index < -0.39 is 11.9 Å². The lowest BCUT2D eigenvalue weighted by Gasteiger charge is -2.36. The van der Waals surface area contributed by atoms with E-state index in [2.05, 4.69) is 15.1 Å². The van der Waals surface area contributed by atoms with Crippen molar-refractivity contribution in [3.05, 3.63) is 94.3 Å². The first-order valence-corrected chi connectivity index (χ1v) is 10.9. The average molecular weight is 468 g/mol. The second-order valence-electron chi connectivity index (χ2n) is 7.85. The van der Waals surface area contributed by atoms with Crippen molar-refractivity contribution in [2.24, 2.45) is 0 Å². The van der Waals surface area contributed by atoms with E-state index in [1.165, 1.54) is 12.1 Å². The van der Waals surface area contributed by atoms with Gasteiger partial charge >= 0.3 is 5.97 Å². The Morgan fingerprint density at radius 3 is 2.42 bits per heavy atom. The van der Waals surface area contributed by atoms with Gasteiger partial charge in [0.25, 0.3) is 5.91 Å². The van der Waals surface area contributed by atoms with Crippen molar-refractivity contribution in [2.45, 2.75) is 6.54 Å². The molecule has 6 nitrogen and oxygen atoms in total. The lowest BCUT2D eigenvalue weighted by Crippen LogP contribution is -2.46. The normalized spacial score (nSPS) is 14.2. The fourth-order valence-corrected chi connectivity index (χ4v) is 4.06. The third kappa shape index (κ3) is 5.50. The summed E-state index contributed by atoms with van der Waals surface area (Å²) in [4.78, 5) is 28.7. The number of nitrogens with one attached hydrogen (secondary N) is 1. The maximum absolute atomic E-state index is 13.9. The predicted molar refractivity (Wildman–Crippen MR) is 127 cm³/mol. The number of amides is 1. The van der Waals surface area contributed by atoms with E-state index in [9.17, 15) is 19.1 Å². The second-order valence-corrected chi connectivity index (χ2v) is 8.29. The molecule has 0 atom stereocenters. The Bertz CT molecular complexity index is 1180. The minimum atomic E-state index is -1.13. The maximum Gasteiger partial charge on any atom is 0.337 e. The fourth-order valence-electron chi connectivity index (χ4n) is 3.87. The topological polar surface area (TPSA) is 72.9 Å². The van der Waals surface area contributed by atoms with Crippen LogP contribution in [0.25, 0.3) is 0 Å². The highest BCUT2D eigenvalue weighted by molar-refractivity contribution is 6.31. The highest BCUT2D eigenvalue weighted by Crippen LogP contribution is 2.26. The van der Waals surface area contributed by atoms with Gasteiger partial charge in [-0.2, -0.15) is 0 Å². The molecule has 4 rings (SSSR count). The molecule has 0 radical (unpaired) electrons. The largest absolute Gasteiger partial charge is 0.478 e. The third-order valence-electron chi connectivity index (χ3n) is 5.66. The van der Waals surface area contributed by atoms with Crippen LogP contribution in [-0.4, -0.2) is 48.1 Å². The zero-order valence-electron chi connectivity index (χ0n) is 17.8. The molecule has 0 aliphatic carbocycles. The van der Waals surface area contributed by atoms with Crippen molar-refractivity contribution < 1.29 is 19.1 Å². The van der Waals surface area contributed by atoms with Gasteiger partial charge in [0.15, 0.2) is 0 Å². The monoisotopic (exact) mass is 467 g/mol. The van der Waals surface area contributed by atoms with Crippen LogP contribution in [0.5, 0.6) is 0 Å². The summed E-state index contributed by atoms with van der Waals surface area (Å²) >= 11 is 5.94. The molecular formula is C25H23ClFN3O3. The number of carboxylic acid groups (broad SMARTS) is 1. The van der Waals surface area contributed by atoms with Crippen molar-refractivity contribution in [1.29, 1.82) is 0 Å². The lowest BCUT2D eigenvalue weighted by molar-refractivity contribution is 0.0698. The number of aromatic carboxylic acids is 1. The fraction of sp³-hybridized carbons (Fsp3) is 0.200. The summed E-state index contributed by atoms with van der Waals surface area (Å²) < 4.78 is 13.9. The molecule has 0 bridgehead atoms. The van der Waals surface area contributed by atoms with Crippen molar-refractivity contribution >= 4 is 34.9 Å². The van der Waals surface area contributed by atoms with Crippen LogP contribution < -0.4 is 10.2 Å². The van der Waals surface area contributed by atoms with Crippen LogP contribution in [-0.2, 0) is 6.54 Å². The molecule has 1 aliphatic rings. The number of halogens is 2. The minimum absolute atomic E-state index is 0.0108. The summed E-state index contributed by atoms with van der Waals surface area (Å²) in [5, 5.41) is 12.8. The molecule has 1 heterocycles. The smallest absolute Gasteiger partial charge is 0.337 e. The average Bonchev–Trinajstić information content (AvgIpc) is 2.81. The number of nitrogens with zero attached hydrogens (tertiary/aromatic N) is 2. The van der Waals surface area contributed by atoms with Gasteiger partial charge in [-0.25, -0.2) is 9.18 Å². The number of carboxylic acids is 1. The predicted octanol–water partition coefficient (Wildman–Crippen LogP) is 4.75. The Labute approximate surface area is 196 Å². The first-order chi connectivity index (χ1) is 15.9. The number of piperazine rings is 1. The molecule has 170 valence electrons. The summed E-state index contributed by atoms with van der Waals surface area (Å²) in [5.74, 6) is -1.77. The molecule has 1 amide bonds. The van der Waals surface area contributed by atoms with Gasteiger partial charge in [0.1, 0.15) is 5.82 Å². The van der Waals surface area contributed by atoms with Crippen LogP contribution in [0.15, 0.2) is 66.7 Å². The molecule has 1 fully saturated rings. The molecule has 2 N–H and O–H groups in total. The molecule has 8 heteroatoms. The van der Waals surface area contributed by atoms with Gasteiger partial charge in [-0.05, 0) is 42.5 Å². The van der Waals surface area contributed by atoms with Crippen LogP contribution in [0.4, 0.5) is 15.8 Å².